The van der Waals surface area contributed by atoms with Crippen molar-refractivity contribution in [2.45, 2.75) is 25.7 Å². The number of rotatable bonds is 5. The molecule has 1 aliphatic carbocycles. The van der Waals surface area contributed by atoms with E-state index in [0.717, 1.165) is 19.3 Å². The van der Waals surface area contributed by atoms with Crippen molar-refractivity contribution >= 4 is 17.6 Å². The van der Waals surface area contributed by atoms with Crippen molar-refractivity contribution in [2.24, 2.45) is 0 Å². The minimum atomic E-state index is -0.565. The van der Waals surface area contributed by atoms with Crippen LogP contribution in [0.15, 0.2) is 42.5 Å². The Balaban J connectivity index is 1.47. The summed E-state index contributed by atoms with van der Waals surface area (Å²) in [5.74, 6) is -1.36. The third kappa shape index (κ3) is 4.19. The highest BCUT2D eigenvalue weighted by atomic mass is 19.1. The Labute approximate surface area is 139 Å². The SMILES string of the molecule is O=C(COC(=O)Cc1cccc(F)c1)Nc1ccc2c(c1)CCC2. The summed E-state index contributed by atoms with van der Waals surface area (Å²) in [5, 5.41) is 2.72. The minimum absolute atomic E-state index is 0.0656. The molecule has 2 aromatic rings. The third-order valence-corrected chi connectivity index (χ3v) is 3.98. The average Bonchev–Trinajstić information content (AvgIpc) is 3.00. The number of esters is 1. The quantitative estimate of drug-likeness (QED) is 0.859. The molecule has 3 rings (SSSR count). The van der Waals surface area contributed by atoms with Crippen molar-refractivity contribution in [1.29, 1.82) is 0 Å². The lowest BCUT2D eigenvalue weighted by molar-refractivity contribution is -0.146. The molecule has 0 unspecified atom stereocenters. The number of aryl methyl sites for hydroxylation is 2. The van der Waals surface area contributed by atoms with Crippen molar-refractivity contribution < 1.29 is 18.7 Å². The Morgan fingerprint density at radius 1 is 1.08 bits per heavy atom. The first-order chi connectivity index (χ1) is 11.6. The zero-order valence-corrected chi connectivity index (χ0v) is 13.2. The van der Waals surface area contributed by atoms with Gasteiger partial charge in [-0.05, 0) is 60.2 Å². The number of benzene rings is 2. The molecule has 0 aromatic heterocycles. The van der Waals surface area contributed by atoms with Crippen molar-refractivity contribution in [3.63, 3.8) is 0 Å². The van der Waals surface area contributed by atoms with Gasteiger partial charge in [0.1, 0.15) is 5.82 Å². The number of anilines is 1. The molecule has 0 saturated heterocycles. The van der Waals surface area contributed by atoms with Gasteiger partial charge in [0.25, 0.3) is 5.91 Å². The molecule has 1 amide bonds. The Morgan fingerprint density at radius 3 is 2.75 bits per heavy atom. The number of carbonyl (C=O) groups excluding carboxylic acids is 2. The van der Waals surface area contributed by atoms with Crippen LogP contribution in [-0.2, 0) is 33.6 Å². The molecular weight excluding hydrogens is 309 g/mol. The minimum Gasteiger partial charge on any atom is -0.455 e. The molecule has 1 N–H and O–H groups in total. The van der Waals surface area contributed by atoms with Gasteiger partial charge in [0, 0.05) is 5.69 Å². The molecule has 24 heavy (non-hydrogen) atoms. The van der Waals surface area contributed by atoms with Crippen LogP contribution in [0.1, 0.15) is 23.1 Å². The van der Waals surface area contributed by atoms with E-state index in [2.05, 4.69) is 5.32 Å². The van der Waals surface area contributed by atoms with Gasteiger partial charge in [0.05, 0.1) is 6.42 Å². The van der Waals surface area contributed by atoms with Crippen LogP contribution in [0, 0.1) is 5.82 Å². The normalized spacial score (nSPS) is 12.5. The molecule has 2 aromatic carbocycles. The number of nitrogens with one attached hydrogen (secondary N) is 1. The fourth-order valence-electron chi connectivity index (χ4n) is 2.86. The number of fused-ring (bicyclic) bond motifs is 1. The smallest absolute Gasteiger partial charge is 0.310 e. The zero-order chi connectivity index (χ0) is 16.9. The summed E-state index contributed by atoms with van der Waals surface area (Å²) in [6.45, 7) is -0.356. The molecule has 0 heterocycles. The Kier molecular flexibility index (Phi) is 4.89. The van der Waals surface area contributed by atoms with E-state index in [4.69, 9.17) is 4.74 Å². The van der Waals surface area contributed by atoms with Crippen molar-refractivity contribution in [1.82, 2.24) is 0 Å². The molecule has 5 heteroatoms. The van der Waals surface area contributed by atoms with E-state index in [9.17, 15) is 14.0 Å². The van der Waals surface area contributed by atoms with Crippen LogP contribution < -0.4 is 5.32 Å². The van der Waals surface area contributed by atoms with Gasteiger partial charge in [0.2, 0.25) is 0 Å². The van der Waals surface area contributed by atoms with Gasteiger partial charge >= 0.3 is 5.97 Å². The van der Waals surface area contributed by atoms with Crippen LogP contribution in [0.2, 0.25) is 0 Å². The van der Waals surface area contributed by atoms with Gasteiger partial charge < -0.3 is 10.1 Å². The van der Waals surface area contributed by atoms with E-state index in [-0.39, 0.29) is 18.9 Å². The maximum atomic E-state index is 13.1. The van der Waals surface area contributed by atoms with E-state index >= 15 is 0 Å². The molecule has 0 bridgehead atoms. The predicted molar refractivity (Wildman–Crippen MR) is 88.2 cm³/mol. The molecule has 4 nitrogen and oxygen atoms in total. The standard InChI is InChI=1S/C19H18FNO3/c20-16-6-1-3-13(9-16)10-19(23)24-12-18(22)21-17-8-7-14-4-2-5-15(14)11-17/h1,3,6-9,11H,2,4-5,10,12H2,(H,21,22). The van der Waals surface area contributed by atoms with E-state index in [1.807, 2.05) is 18.2 Å². The summed E-state index contributed by atoms with van der Waals surface area (Å²) < 4.78 is 18.0. The van der Waals surface area contributed by atoms with Gasteiger partial charge in [0.15, 0.2) is 6.61 Å². The van der Waals surface area contributed by atoms with Crippen molar-refractivity contribution in [2.75, 3.05) is 11.9 Å². The molecule has 0 aliphatic heterocycles. The lowest BCUT2D eigenvalue weighted by Gasteiger charge is -2.08. The van der Waals surface area contributed by atoms with Crippen LogP contribution in [0.4, 0.5) is 10.1 Å². The maximum Gasteiger partial charge on any atom is 0.310 e. The second-order valence-corrected chi connectivity index (χ2v) is 5.85. The second-order valence-electron chi connectivity index (χ2n) is 5.85. The Morgan fingerprint density at radius 2 is 1.92 bits per heavy atom. The summed E-state index contributed by atoms with van der Waals surface area (Å²) >= 11 is 0. The highest BCUT2D eigenvalue weighted by Crippen LogP contribution is 2.24. The van der Waals surface area contributed by atoms with Crippen LogP contribution in [-0.4, -0.2) is 18.5 Å². The number of halogens is 1. The summed E-state index contributed by atoms with van der Waals surface area (Å²) in [5.41, 5.74) is 3.81. The number of ether oxygens (including phenoxy) is 1. The fourth-order valence-corrected chi connectivity index (χ4v) is 2.86. The average molecular weight is 327 g/mol. The molecular formula is C19H18FNO3. The predicted octanol–water partition coefficient (Wildman–Crippen LogP) is 3.04. The lowest BCUT2D eigenvalue weighted by Crippen LogP contribution is -2.21. The number of carbonyl (C=O) groups is 2. The van der Waals surface area contributed by atoms with Gasteiger partial charge in [-0.1, -0.05) is 18.2 Å². The topological polar surface area (TPSA) is 55.4 Å². The first-order valence-electron chi connectivity index (χ1n) is 7.92. The van der Waals surface area contributed by atoms with Crippen LogP contribution >= 0.6 is 0 Å². The van der Waals surface area contributed by atoms with Gasteiger partial charge in [-0.2, -0.15) is 0 Å². The maximum absolute atomic E-state index is 13.1. The Bertz CT molecular complexity index is 773. The molecule has 124 valence electrons. The first kappa shape index (κ1) is 16.2. The van der Waals surface area contributed by atoms with E-state index in [1.54, 1.807) is 6.07 Å². The summed E-state index contributed by atoms with van der Waals surface area (Å²) in [4.78, 5) is 23.6. The van der Waals surface area contributed by atoms with E-state index in [1.165, 1.54) is 29.3 Å². The largest absolute Gasteiger partial charge is 0.455 e. The third-order valence-electron chi connectivity index (χ3n) is 3.98. The number of amides is 1. The summed E-state index contributed by atoms with van der Waals surface area (Å²) in [6, 6.07) is 11.6. The fraction of sp³-hybridized carbons (Fsp3) is 0.263. The van der Waals surface area contributed by atoms with E-state index < -0.39 is 11.8 Å². The molecule has 1 aliphatic rings. The van der Waals surface area contributed by atoms with Crippen molar-refractivity contribution in [3.05, 3.63) is 65.0 Å². The molecule has 0 radical (unpaired) electrons. The van der Waals surface area contributed by atoms with Crippen LogP contribution in [0.3, 0.4) is 0 Å². The molecule has 0 spiro atoms. The highest BCUT2D eigenvalue weighted by molar-refractivity contribution is 5.93. The molecule has 0 atom stereocenters. The van der Waals surface area contributed by atoms with Gasteiger partial charge in [-0.15, -0.1) is 0 Å². The zero-order valence-electron chi connectivity index (χ0n) is 13.2. The molecule has 0 saturated carbocycles. The lowest BCUT2D eigenvalue weighted by atomic mass is 10.1. The summed E-state index contributed by atoms with van der Waals surface area (Å²) in [6.07, 6.45) is 3.19. The van der Waals surface area contributed by atoms with Gasteiger partial charge in [-0.3, -0.25) is 9.59 Å². The highest BCUT2D eigenvalue weighted by Gasteiger charge is 2.13. The molecule has 0 fully saturated rings. The van der Waals surface area contributed by atoms with Crippen LogP contribution in [0.5, 0.6) is 0 Å². The monoisotopic (exact) mass is 327 g/mol. The van der Waals surface area contributed by atoms with Crippen LogP contribution in [0.25, 0.3) is 0 Å². The van der Waals surface area contributed by atoms with Gasteiger partial charge in [-0.25, -0.2) is 4.39 Å². The Hall–Kier alpha value is -2.69. The summed E-state index contributed by atoms with van der Waals surface area (Å²) in [7, 11) is 0. The first-order valence-corrected chi connectivity index (χ1v) is 7.92. The number of hydrogen-bond donors (Lipinski definition) is 1. The number of hydrogen-bond acceptors (Lipinski definition) is 3. The van der Waals surface area contributed by atoms with E-state index in [0.29, 0.717) is 11.3 Å². The second kappa shape index (κ2) is 7.25. The van der Waals surface area contributed by atoms with Crippen molar-refractivity contribution in [3.8, 4) is 0 Å².